The summed E-state index contributed by atoms with van der Waals surface area (Å²) in [4.78, 5) is 12.8. The average Bonchev–Trinajstić information content (AvgIpc) is 2.44. The molecule has 0 spiro atoms. The third-order valence-corrected chi connectivity index (χ3v) is 5.15. The minimum atomic E-state index is -0.925. The van der Waals surface area contributed by atoms with E-state index < -0.39 is 11.8 Å². The molecule has 0 bridgehead atoms. The van der Waals surface area contributed by atoms with E-state index in [0.29, 0.717) is 39.8 Å². The smallest absolute Gasteiger partial charge is 0.205 e. The van der Waals surface area contributed by atoms with E-state index in [1.54, 1.807) is 18.2 Å². The first-order chi connectivity index (χ1) is 11.2. The van der Waals surface area contributed by atoms with Gasteiger partial charge in [-0.15, -0.1) is 0 Å². The highest BCUT2D eigenvalue weighted by molar-refractivity contribution is 6.36. The highest BCUT2D eigenvalue weighted by Gasteiger charge is 2.47. The zero-order valence-electron chi connectivity index (χ0n) is 13.3. The fourth-order valence-corrected chi connectivity index (χ4v) is 4.11. The van der Waals surface area contributed by atoms with E-state index in [1.807, 2.05) is 13.8 Å². The lowest BCUT2D eigenvalue weighted by atomic mass is 9.68. The molecule has 1 aliphatic carbocycles. The van der Waals surface area contributed by atoms with E-state index in [1.165, 1.54) is 0 Å². The van der Waals surface area contributed by atoms with Crippen molar-refractivity contribution in [2.45, 2.75) is 32.6 Å². The van der Waals surface area contributed by atoms with E-state index in [-0.39, 0.29) is 17.1 Å². The standard InChI is InChI=1S/C18H16Cl2N2O2/c1-18(2)6-12(23)16-13(7-18)24-17(22)9(8-21)14(16)15-10(19)4-3-5-11(15)20/h3-5,9,14,22H,6-7H2,1-2H3. The second-order valence-corrected chi connectivity index (χ2v) is 7.78. The maximum absolute atomic E-state index is 12.8. The number of Topliss-reactive ketones (excluding diaryl/α,β-unsaturated/α-hetero) is 1. The average molecular weight is 363 g/mol. The third kappa shape index (κ3) is 2.72. The lowest BCUT2D eigenvalue weighted by Crippen LogP contribution is -2.38. The van der Waals surface area contributed by atoms with Crippen LogP contribution in [-0.2, 0) is 9.53 Å². The van der Waals surface area contributed by atoms with E-state index in [0.717, 1.165) is 0 Å². The lowest BCUT2D eigenvalue weighted by molar-refractivity contribution is -0.119. The molecule has 0 radical (unpaired) electrons. The van der Waals surface area contributed by atoms with Gasteiger partial charge < -0.3 is 4.74 Å². The van der Waals surface area contributed by atoms with Gasteiger partial charge in [-0.25, -0.2) is 0 Å². The zero-order chi connectivity index (χ0) is 17.6. The lowest BCUT2D eigenvalue weighted by Gasteiger charge is -2.39. The number of allylic oxidation sites excluding steroid dienone is 2. The molecule has 3 rings (SSSR count). The summed E-state index contributed by atoms with van der Waals surface area (Å²) in [6, 6.07) is 7.14. The fraction of sp³-hybridized carbons (Fsp3) is 0.389. The van der Waals surface area contributed by atoms with Crippen molar-refractivity contribution < 1.29 is 9.53 Å². The van der Waals surface area contributed by atoms with Crippen LogP contribution < -0.4 is 0 Å². The van der Waals surface area contributed by atoms with Gasteiger partial charge in [-0.05, 0) is 23.1 Å². The number of carbonyl (C=O) groups excluding carboxylic acids is 1. The summed E-state index contributed by atoms with van der Waals surface area (Å²) in [6.45, 7) is 3.96. The first-order valence-electron chi connectivity index (χ1n) is 7.61. The molecule has 0 aromatic heterocycles. The molecule has 1 heterocycles. The summed E-state index contributed by atoms with van der Waals surface area (Å²) >= 11 is 12.7. The molecule has 24 heavy (non-hydrogen) atoms. The molecular formula is C18H16Cl2N2O2. The third-order valence-electron chi connectivity index (χ3n) is 4.49. The number of halogens is 2. The number of nitriles is 1. The first kappa shape index (κ1) is 17.0. The van der Waals surface area contributed by atoms with E-state index in [9.17, 15) is 10.1 Å². The Kier molecular flexibility index (Phi) is 4.19. The topological polar surface area (TPSA) is 73.9 Å². The van der Waals surface area contributed by atoms with Gasteiger partial charge in [-0.2, -0.15) is 5.26 Å². The van der Waals surface area contributed by atoms with Gasteiger partial charge >= 0.3 is 0 Å². The summed E-state index contributed by atoms with van der Waals surface area (Å²) in [5.74, 6) is -1.37. The molecule has 4 nitrogen and oxygen atoms in total. The number of benzene rings is 1. The van der Waals surface area contributed by atoms with Crippen LogP contribution in [0.4, 0.5) is 0 Å². The van der Waals surface area contributed by atoms with Crippen molar-refractivity contribution in [3.05, 3.63) is 45.1 Å². The van der Waals surface area contributed by atoms with Gasteiger partial charge in [-0.3, -0.25) is 10.2 Å². The molecule has 2 unspecified atom stereocenters. The van der Waals surface area contributed by atoms with Crippen LogP contribution in [0.1, 0.15) is 38.2 Å². The quantitative estimate of drug-likeness (QED) is 0.774. The van der Waals surface area contributed by atoms with Crippen molar-refractivity contribution in [1.82, 2.24) is 0 Å². The van der Waals surface area contributed by atoms with Crippen molar-refractivity contribution in [3.8, 4) is 6.07 Å². The van der Waals surface area contributed by atoms with Crippen molar-refractivity contribution in [1.29, 1.82) is 10.7 Å². The Morgan fingerprint density at radius 3 is 2.50 bits per heavy atom. The van der Waals surface area contributed by atoms with E-state index in [4.69, 9.17) is 33.3 Å². The number of ether oxygens (including phenoxy) is 1. The predicted octanol–water partition coefficient (Wildman–Crippen LogP) is 4.87. The summed E-state index contributed by atoms with van der Waals surface area (Å²) in [5, 5.41) is 18.4. The van der Waals surface area contributed by atoms with Crippen molar-refractivity contribution in [3.63, 3.8) is 0 Å². The SMILES string of the molecule is CC1(C)CC(=O)C2=C(C1)OC(=N)C(C#N)C2c1c(Cl)cccc1Cl. The molecule has 2 aliphatic rings. The Balaban J connectivity index is 2.26. The van der Waals surface area contributed by atoms with Crippen LogP contribution in [0.3, 0.4) is 0 Å². The number of ketones is 1. The predicted molar refractivity (Wildman–Crippen MR) is 92.2 cm³/mol. The number of hydrogen-bond acceptors (Lipinski definition) is 4. The van der Waals surface area contributed by atoms with Crippen LogP contribution in [0, 0.1) is 28.1 Å². The molecule has 1 aromatic rings. The van der Waals surface area contributed by atoms with Crippen LogP contribution in [0.2, 0.25) is 10.0 Å². The molecular weight excluding hydrogens is 347 g/mol. The van der Waals surface area contributed by atoms with Crippen LogP contribution in [0.25, 0.3) is 0 Å². The van der Waals surface area contributed by atoms with Gasteiger partial charge in [0.05, 0.1) is 6.07 Å². The minimum absolute atomic E-state index is 0.0741. The normalized spacial score (nSPS) is 25.8. The fourth-order valence-electron chi connectivity index (χ4n) is 3.48. The molecule has 0 fully saturated rings. The van der Waals surface area contributed by atoms with Crippen molar-refractivity contribution in [2.24, 2.45) is 11.3 Å². The Morgan fingerprint density at radius 2 is 1.92 bits per heavy atom. The molecule has 1 aromatic carbocycles. The van der Waals surface area contributed by atoms with E-state index >= 15 is 0 Å². The van der Waals surface area contributed by atoms with Crippen molar-refractivity contribution in [2.75, 3.05) is 0 Å². The molecule has 0 amide bonds. The monoisotopic (exact) mass is 362 g/mol. The minimum Gasteiger partial charge on any atom is -0.446 e. The Morgan fingerprint density at radius 1 is 1.29 bits per heavy atom. The van der Waals surface area contributed by atoms with Gasteiger partial charge in [0.2, 0.25) is 5.90 Å². The largest absolute Gasteiger partial charge is 0.446 e. The van der Waals surface area contributed by atoms with Crippen LogP contribution >= 0.6 is 23.2 Å². The highest BCUT2D eigenvalue weighted by Crippen LogP contribution is 2.50. The highest BCUT2D eigenvalue weighted by atomic mass is 35.5. The Bertz CT molecular complexity index is 801. The summed E-state index contributed by atoms with van der Waals surface area (Å²) in [7, 11) is 0. The molecule has 6 heteroatoms. The van der Waals surface area contributed by atoms with Gasteiger partial charge in [0.1, 0.15) is 11.7 Å². The zero-order valence-corrected chi connectivity index (χ0v) is 14.8. The van der Waals surface area contributed by atoms with Crippen molar-refractivity contribution >= 4 is 34.9 Å². The maximum Gasteiger partial charge on any atom is 0.205 e. The molecule has 0 saturated heterocycles. The summed E-state index contributed by atoms with van der Waals surface area (Å²) in [5.41, 5.74) is 0.706. The van der Waals surface area contributed by atoms with Crippen LogP contribution in [0.15, 0.2) is 29.5 Å². The Hall–Kier alpha value is -1.83. The second kappa shape index (κ2) is 5.91. The summed E-state index contributed by atoms with van der Waals surface area (Å²) < 4.78 is 5.56. The molecule has 1 N–H and O–H groups in total. The maximum atomic E-state index is 12.8. The number of nitrogens with zero attached hydrogens (tertiary/aromatic N) is 1. The first-order valence-corrected chi connectivity index (χ1v) is 8.37. The molecule has 0 saturated carbocycles. The van der Waals surface area contributed by atoms with Gasteiger partial charge in [0.25, 0.3) is 0 Å². The van der Waals surface area contributed by atoms with Crippen LogP contribution in [0.5, 0.6) is 0 Å². The van der Waals surface area contributed by atoms with Gasteiger partial charge in [0.15, 0.2) is 5.78 Å². The molecule has 2 atom stereocenters. The van der Waals surface area contributed by atoms with Crippen LogP contribution in [-0.4, -0.2) is 11.7 Å². The second-order valence-electron chi connectivity index (χ2n) is 6.96. The van der Waals surface area contributed by atoms with Gasteiger partial charge in [-0.1, -0.05) is 43.1 Å². The molecule has 1 aliphatic heterocycles. The number of nitrogens with one attached hydrogen (secondary N) is 1. The number of carbonyl (C=O) groups is 1. The van der Waals surface area contributed by atoms with Gasteiger partial charge in [0, 0.05) is 34.4 Å². The summed E-state index contributed by atoms with van der Waals surface area (Å²) in [6.07, 6.45) is 0.895. The Labute approximate surface area is 150 Å². The number of hydrogen-bond donors (Lipinski definition) is 1. The number of rotatable bonds is 1. The van der Waals surface area contributed by atoms with E-state index in [2.05, 4.69) is 6.07 Å². The molecule has 124 valence electrons.